The Labute approximate surface area is 199 Å². The Morgan fingerprint density at radius 3 is 2.51 bits per heavy atom. The Morgan fingerprint density at radius 1 is 0.943 bits per heavy atom. The highest BCUT2D eigenvalue weighted by Crippen LogP contribution is 2.45. The van der Waals surface area contributed by atoms with Crippen LogP contribution in [-0.4, -0.2) is 25.3 Å². The van der Waals surface area contributed by atoms with Crippen molar-refractivity contribution >= 4 is 33.5 Å². The number of methoxy groups -OCH3 is 2. The lowest BCUT2D eigenvalue weighted by atomic mass is 9.96. The number of aromatic nitrogens is 1. The third kappa shape index (κ3) is 3.03. The van der Waals surface area contributed by atoms with Gasteiger partial charge in [-0.25, -0.2) is 0 Å². The van der Waals surface area contributed by atoms with E-state index in [9.17, 15) is 9.59 Å². The second-order valence-corrected chi connectivity index (χ2v) is 8.32. The third-order valence-corrected chi connectivity index (χ3v) is 6.36. The summed E-state index contributed by atoms with van der Waals surface area (Å²) in [5.74, 6) is 1.30. The number of carbonyl (C=O) groups excluding carboxylic acids is 1. The monoisotopic (exact) mass is 468 g/mol. The predicted molar refractivity (Wildman–Crippen MR) is 129 cm³/mol. The first-order valence-electron chi connectivity index (χ1n) is 11.0. The van der Waals surface area contributed by atoms with Gasteiger partial charge in [-0.2, -0.15) is 0 Å². The van der Waals surface area contributed by atoms with Crippen LogP contribution in [-0.2, 0) is 0 Å². The van der Waals surface area contributed by atoms with Crippen LogP contribution in [0.5, 0.6) is 11.5 Å². The molecule has 1 aliphatic heterocycles. The molecular weight excluding hydrogens is 448 g/mol. The number of fused-ring (bicyclic) bond motifs is 4. The molecule has 0 aliphatic carbocycles. The zero-order valence-electron chi connectivity index (χ0n) is 19.2. The van der Waals surface area contributed by atoms with Crippen LogP contribution in [0, 0.1) is 6.92 Å². The first kappa shape index (κ1) is 21.0. The van der Waals surface area contributed by atoms with E-state index in [-0.39, 0.29) is 22.6 Å². The number of ether oxygens (including phenoxy) is 2. The van der Waals surface area contributed by atoms with Crippen LogP contribution in [0.2, 0.25) is 0 Å². The Kier molecular flexibility index (Phi) is 4.63. The number of anilines is 1. The summed E-state index contributed by atoms with van der Waals surface area (Å²) in [5, 5.41) is 6.12. The average molecular weight is 468 g/mol. The normalized spacial score (nSPS) is 15.1. The lowest BCUT2D eigenvalue weighted by Gasteiger charge is -2.24. The zero-order valence-corrected chi connectivity index (χ0v) is 19.2. The average Bonchev–Trinajstić information content (AvgIpc) is 3.44. The third-order valence-electron chi connectivity index (χ3n) is 6.36. The number of nitrogens with zero attached hydrogens (tertiary/aromatic N) is 2. The molecule has 35 heavy (non-hydrogen) atoms. The fourth-order valence-corrected chi connectivity index (χ4v) is 4.75. The maximum Gasteiger partial charge on any atom is 0.296 e. The van der Waals surface area contributed by atoms with Crippen molar-refractivity contribution in [1.29, 1.82) is 0 Å². The topological polar surface area (TPSA) is 95.0 Å². The number of rotatable bonds is 4. The standard InChI is InChI=1S/C27H20N2O6/c1-14-12-21(28-35-14)29-23(19-13-16(32-2)9-11-20(19)33-3)22-24(30)18-10-8-15-6-4-5-7-17(15)25(18)34-26(22)27(29)31/h4-13,23H,1-3H3/t23-/m0/s1. The Bertz CT molecular complexity index is 1700. The molecule has 3 aromatic carbocycles. The predicted octanol–water partition coefficient (Wildman–Crippen LogP) is 5.01. The molecule has 3 heterocycles. The highest BCUT2D eigenvalue weighted by molar-refractivity contribution is 6.12. The SMILES string of the molecule is COc1ccc(OC)c([C@H]2c3c(oc4c(ccc5ccccc54)c3=O)C(=O)N2c2cc(C)on2)c1. The Hall–Kier alpha value is -4.59. The molecule has 0 fully saturated rings. The molecule has 1 aliphatic rings. The van der Waals surface area contributed by atoms with E-state index in [1.165, 1.54) is 12.0 Å². The summed E-state index contributed by atoms with van der Waals surface area (Å²) in [5.41, 5.74) is 0.852. The van der Waals surface area contributed by atoms with Crippen LogP contribution in [0.1, 0.15) is 33.5 Å². The van der Waals surface area contributed by atoms with E-state index in [4.69, 9.17) is 18.4 Å². The maximum absolute atomic E-state index is 14.0. The second-order valence-electron chi connectivity index (χ2n) is 8.32. The molecule has 0 spiro atoms. The van der Waals surface area contributed by atoms with E-state index in [0.29, 0.717) is 33.8 Å². The molecule has 0 unspecified atom stereocenters. The van der Waals surface area contributed by atoms with Crippen LogP contribution in [0.4, 0.5) is 5.82 Å². The highest BCUT2D eigenvalue weighted by atomic mass is 16.5. The van der Waals surface area contributed by atoms with Crippen LogP contribution in [0.15, 0.2) is 74.4 Å². The first-order chi connectivity index (χ1) is 17.0. The van der Waals surface area contributed by atoms with Gasteiger partial charge in [0.1, 0.15) is 28.9 Å². The van der Waals surface area contributed by atoms with Crippen molar-refractivity contribution in [1.82, 2.24) is 5.16 Å². The summed E-state index contributed by atoms with van der Waals surface area (Å²) in [6, 6.07) is 17.2. The fraction of sp³-hybridized carbons (Fsp3) is 0.148. The van der Waals surface area contributed by atoms with Gasteiger partial charge in [0.15, 0.2) is 11.2 Å². The van der Waals surface area contributed by atoms with Gasteiger partial charge in [-0.15, -0.1) is 0 Å². The van der Waals surface area contributed by atoms with Gasteiger partial charge in [0.2, 0.25) is 5.76 Å². The Morgan fingerprint density at radius 2 is 1.77 bits per heavy atom. The molecule has 0 saturated heterocycles. The zero-order chi connectivity index (χ0) is 24.3. The molecule has 6 rings (SSSR count). The lowest BCUT2D eigenvalue weighted by Crippen LogP contribution is -2.30. The lowest BCUT2D eigenvalue weighted by molar-refractivity contribution is 0.0969. The van der Waals surface area contributed by atoms with Gasteiger partial charge in [-0.1, -0.05) is 35.5 Å². The molecule has 174 valence electrons. The number of aryl methyl sites for hydroxylation is 1. The molecule has 1 atom stereocenters. The van der Waals surface area contributed by atoms with Crippen molar-refractivity contribution in [2.45, 2.75) is 13.0 Å². The summed E-state index contributed by atoms with van der Waals surface area (Å²) in [6.07, 6.45) is 0. The summed E-state index contributed by atoms with van der Waals surface area (Å²) in [7, 11) is 3.08. The molecule has 8 heteroatoms. The van der Waals surface area contributed by atoms with E-state index in [1.807, 2.05) is 30.3 Å². The summed E-state index contributed by atoms with van der Waals surface area (Å²) < 4.78 is 22.5. The van der Waals surface area contributed by atoms with E-state index in [1.54, 1.807) is 44.4 Å². The number of hydrogen-bond acceptors (Lipinski definition) is 7. The molecule has 0 N–H and O–H groups in total. The van der Waals surface area contributed by atoms with Gasteiger partial charge in [-0.05, 0) is 36.6 Å². The number of carbonyl (C=O) groups is 1. The van der Waals surface area contributed by atoms with Gasteiger partial charge in [0.05, 0.1) is 25.2 Å². The Balaban J connectivity index is 1.71. The molecule has 0 bridgehead atoms. The van der Waals surface area contributed by atoms with Gasteiger partial charge >= 0.3 is 0 Å². The van der Waals surface area contributed by atoms with Crippen LogP contribution >= 0.6 is 0 Å². The van der Waals surface area contributed by atoms with Gasteiger partial charge < -0.3 is 18.4 Å². The van der Waals surface area contributed by atoms with E-state index < -0.39 is 11.9 Å². The van der Waals surface area contributed by atoms with E-state index >= 15 is 0 Å². The van der Waals surface area contributed by atoms with Crippen molar-refractivity contribution in [3.8, 4) is 11.5 Å². The molecule has 8 nitrogen and oxygen atoms in total. The maximum atomic E-state index is 14.0. The van der Waals surface area contributed by atoms with Gasteiger partial charge in [0.25, 0.3) is 5.91 Å². The van der Waals surface area contributed by atoms with Crippen LogP contribution in [0.25, 0.3) is 21.7 Å². The second kappa shape index (κ2) is 7.73. The molecular formula is C27H20N2O6. The number of benzene rings is 3. The minimum atomic E-state index is -0.862. The van der Waals surface area contributed by atoms with Gasteiger partial charge in [-0.3, -0.25) is 14.5 Å². The van der Waals surface area contributed by atoms with Crippen molar-refractivity contribution < 1.29 is 23.2 Å². The van der Waals surface area contributed by atoms with Crippen molar-refractivity contribution in [2.75, 3.05) is 19.1 Å². The number of amides is 1. The summed E-state index contributed by atoms with van der Waals surface area (Å²) >= 11 is 0. The van der Waals surface area contributed by atoms with Crippen molar-refractivity contribution in [3.05, 3.63) is 93.5 Å². The number of hydrogen-bond donors (Lipinski definition) is 0. The summed E-state index contributed by atoms with van der Waals surface area (Å²) in [4.78, 5) is 29.2. The largest absolute Gasteiger partial charge is 0.497 e. The fourth-order valence-electron chi connectivity index (χ4n) is 4.75. The van der Waals surface area contributed by atoms with Crippen molar-refractivity contribution in [2.24, 2.45) is 0 Å². The quantitative estimate of drug-likeness (QED) is 0.342. The summed E-state index contributed by atoms with van der Waals surface area (Å²) in [6.45, 7) is 1.73. The van der Waals surface area contributed by atoms with E-state index in [0.717, 1.165) is 10.8 Å². The van der Waals surface area contributed by atoms with Crippen LogP contribution in [0.3, 0.4) is 0 Å². The molecule has 0 radical (unpaired) electrons. The molecule has 2 aromatic heterocycles. The molecule has 0 saturated carbocycles. The molecule has 1 amide bonds. The first-order valence-corrected chi connectivity index (χ1v) is 11.0. The minimum absolute atomic E-state index is 0.0330. The highest BCUT2D eigenvalue weighted by Gasteiger charge is 2.46. The minimum Gasteiger partial charge on any atom is -0.497 e. The van der Waals surface area contributed by atoms with E-state index in [2.05, 4.69) is 5.16 Å². The van der Waals surface area contributed by atoms with Gasteiger partial charge in [0, 0.05) is 17.0 Å². The smallest absolute Gasteiger partial charge is 0.296 e. The van der Waals surface area contributed by atoms with Crippen LogP contribution < -0.4 is 19.8 Å². The van der Waals surface area contributed by atoms with Crippen molar-refractivity contribution in [3.63, 3.8) is 0 Å². The molecule has 5 aromatic rings.